The minimum atomic E-state index is 0.722. The quantitative estimate of drug-likeness (QED) is 0.137. The lowest BCUT2D eigenvalue weighted by atomic mass is 10.0. The van der Waals surface area contributed by atoms with Crippen LogP contribution >= 0.6 is 22.7 Å². The van der Waals surface area contributed by atoms with Gasteiger partial charge in [-0.25, -0.2) is 19.9 Å². The molecule has 10 heteroatoms. The zero-order valence-electron chi connectivity index (χ0n) is 61.3. The first-order chi connectivity index (χ1) is 56.5. The Hall–Kier alpha value is -14.7. The molecule has 0 aliphatic heterocycles. The molecular formula is C104H64N8S2. The van der Waals surface area contributed by atoms with Crippen LogP contribution in [0.2, 0.25) is 0 Å². The SMILES string of the molecule is c1ccc(-c2nc(-c3ccc4c(c3)c3ccccc3n4-c3ccccc3)nc3c2sc2ccc(-c4ccc5c(c4)c4ccccc4n5-c4ccccc4)cc23)cc1.c1ccc(-c2nc(-c3ccc4c(c3)c3ccccc3n4-c3ccccc3)nc3c2sc2ccc(-c4ccc5c(c4)c4ccccc4n5-c4ccccc4)cc23)cc1. The fourth-order valence-corrected chi connectivity index (χ4v) is 19.7. The number of thiophene rings is 2. The largest absolute Gasteiger partial charge is 0.309 e. The number of hydrogen-bond donors (Lipinski definition) is 0. The molecular weight excluding hydrogens is 1430 g/mol. The molecule has 24 rings (SSSR count). The average molecular weight is 1490 g/mol. The van der Waals surface area contributed by atoms with E-state index in [0.29, 0.717) is 0 Å². The molecule has 0 saturated carbocycles. The van der Waals surface area contributed by atoms with Gasteiger partial charge in [0.1, 0.15) is 0 Å². The van der Waals surface area contributed by atoms with E-state index in [9.17, 15) is 0 Å². The number of benzene rings is 16. The summed E-state index contributed by atoms with van der Waals surface area (Å²) >= 11 is 3.54. The van der Waals surface area contributed by atoms with E-state index in [1.165, 1.54) is 96.7 Å². The molecule has 532 valence electrons. The van der Waals surface area contributed by atoms with Gasteiger partial charge in [0.05, 0.1) is 76.0 Å². The topological polar surface area (TPSA) is 71.3 Å². The molecule has 0 saturated heterocycles. The molecule has 0 radical (unpaired) electrons. The second-order valence-electron chi connectivity index (χ2n) is 29.2. The number of aromatic nitrogens is 8. The second kappa shape index (κ2) is 26.5. The predicted octanol–water partition coefficient (Wildman–Crippen LogP) is 28.1. The molecule has 0 unspecified atom stereocenters. The highest BCUT2D eigenvalue weighted by Gasteiger charge is 2.24. The van der Waals surface area contributed by atoms with Gasteiger partial charge < -0.3 is 18.3 Å². The number of para-hydroxylation sites is 8. The van der Waals surface area contributed by atoms with Crippen molar-refractivity contribution in [3.8, 4) is 90.3 Å². The van der Waals surface area contributed by atoms with Crippen LogP contribution in [0.1, 0.15) is 0 Å². The van der Waals surface area contributed by atoms with Crippen LogP contribution in [0.15, 0.2) is 388 Å². The number of rotatable bonds is 10. The van der Waals surface area contributed by atoms with Crippen molar-refractivity contribution in [2.45, 2.75) is 0 Å². The van der Waals surface area contributed by atoms with Gasteiger partial charge in [-0.3, -0.25) is 0 Å². The molecule has 0 amide bonds. The molecule has 0 aliphatic carbocycles. The molecule has 16 aromatic carbocycles. The van der Waals surface area contributed by atoms with E-state index in [2.05, 4.69) is 407 Å². The molecule has 114 heavy (non-hydrogen) atoms. The van der Waals surface area contributed by atoms with Gasteiger partial charge >= 0.3 is 0 Å². The van der Waals surface area contributed by atoms with Crippen LogP contribution in [0.4, 0.5) is 0 Å². The molecule has 0 spiro atoms. The summed E-state index contributed by atoms with van der Waals surface area (Å²) in [7, 11) is 0. The third-order valence-electron chi connectivity index (χ3n) is 22.6. The first-order valence-corrected chi connectivity index (χ1v) is 40.1. The maximum absolute atomic E-state index is 5.42. The van der Waals surface area contributed by atoms with Gasteiger partial charge in [-0.05, 0) is 180 Å². The minimum absolute atomic E-state index is 0.722. The lowest BCUT2D eigenvalue weighted by Gasteiger charge is -2.09. The van der Waals surface area contributed by atoms with Crippen molar-refractivity contribution in [1.82, 2.24) is 38.2 Å². The Balaban J connectivity index is 0.000000135. The van der Waals surface area contributed by atoms with Crippen molar-refractivity contribution in [2.75, 3.05) is 0 Å². The fourth-order valence-electron chi connectivity index (χ4n) is 17.4. The van der Waals surface area contributed by atoms with E-state index in [1.807, 2.05) is 0 Å². The number of fused-ring (bicyclic) bond motifs is 18. The Bertz CT molecular complexity index is 7480. The van der Waals surface area contributed by atoms with Crippen molar-refractivity contribution >= 4 is 151 Å². The molecule has 8 aromatic heterocycles. The molecule has 0 atom stereocenters. The molecule has 0 fully saturated rings. The average Bonchev–Trinajstić information content (AvgIpc) is 1.59. The van der Waals surface area contributed by atoms with E-state index in [1.54, 1.807) is 22.7 Å². The van der Waals surface area contributed by atoms with Crippen LogP contribution in [-0.4, -0.2) is 38.2 Å². The first-order valence-electron chi connectivity index (χ1n) is 38.5. The smallest absolute Gasteiger partial charge is 0.160 e. The zero-order chi connectivity index (χ0) is 74.9. The molecule has 0 bridgehead atoms. The molecule has 0 N–H and O–H groups in total. The summed E-state index contributed by atoms with van der Waals surface area (Å²) in [5, 5.41) is 12.0. The van der Waals surface area contributed by atoms with Crippen LogP contribution in [0, 0.1) is 0 Å². The van der Waals surface area contributed by atoms with Crippen LogP contribution in [0.25, 0.3) is 218 Å². The van der Waals surface area contributed by atoms with E-state index in [0.717, 1.165) is 121 Å². The van der Waals surface area contributed by atoms with Crippen molar-refractivity contribution in [3.63, 3.8) is 0 Å². The van der Waals surface area contributed by atoms with Gasteiger partial charge in [0.15, 0.2) is 11.6 Å². The van der Waals surface area contributed by atoms with Crippen molar-refractivity contribution in [2.24, 2.45) is 0 Å². The van der Waals surface area contributed by atoms with E-state index in [4.69, 9.17) is 19.9 Å². The Labute approximate surface area is 662 Å². The van der Waals surface area contributed by atoms with E-state index >= 15 is 0 Å². The van der Waals surface area contributed by atoms with Gasteiger partial charge in [-0.2, -0.15) is 0 Å². The second-order valence-corrected chi connectivity index (χ2v) is 31.3. The monoisotopic (exact) mass is 1490 g/mol. The summed E-state index contributed by atoms with van der Waals surface area (Å²) < 4.78 is 14.0. The summed E-state index contributed by atoms with van der Waals surface area (Å²) in [6, 6.07) is 139. The van der Waals surface area contributed by atoms with E-state index < -0.39 is 0 Å². The Morgan fingerprint density at radius 2 is 0.412 bits per heavy atom. The van der Waals surface area contributed by atoms with Gasteiger partial charge in [-0.15, -0.1) is 22.7 Å². The van der Waals surface area contributed by atoms with Gasteiger partial charge in [0, 0.05) is 108 Å². The van der Waals surface area contributed by atoms with Gasteiger partial charge in [0.25, 0.3) is 0 Å². The van der Waals surface area contributed by atoms with Crippen LogP contribution in [0.5, 0.6) is 0 Å². The van der Waals surface area contributed by atoms with E-state index in [-0.39, 0.29) is 0 Å². The zero-order valence-corrected chi connectivity index (χ0v) is 63.0. The number of nitrogens with zero attached hydrogens (tertiary/aromatic N) is 8. The lowest BCUT2D eigenvalue weighted by Crippen LogP contribution is -1.95. The van der Waals surface area contributed by atoms with Crippen LogP contribution in [0.3, 0.4) is 0 Å². The molecule has 8 nitrogen and oxygen atoms in total. The summed E-state index contributed by atoms with van der Waals surface area (Å²) in [6.45, 7) is 0. The summed E-state index contributed by atoms with van der Waals surface area (Å²) in [6.07, 6.45) is 0. The molecule has 8 heterocycles. The Kier molecular flexibility index (Phi) is 15.2. The predicted molar refractivity (Wildman–Crippen MR) is 480 cm³/mol. The standard InChI is InChI=1S/2C52H32N4S/c2*1-4-14-33(15-5-1)49-51-50(54-52(53-49)36-25-28-47-42(32-36)40-21-11-13-23-45(40)56(47)38-18-8-3-9-19-38)43-31-35(26-29-48(43)57-51)34-24-27-46-41(30-34)39-20-10-12-22-44(39)55(46)37-16-6-2-7-17-37/h2*1-32H. The van der Waals surface area contributed by atoms with Crippen molar-refractivity contribution in [3.05, 3.63) is 388 Å². The maximum atomic E-state index is 5.42. The Morgan fingerprint density at radius 3 is 0.719 bits per heavy atom. The maximum Gasteiger partial charge on any atom is 0.160 e. The highest BCUT2D eigenvalue weighted by molar-refractivity contribution is 7.26. The highest BCUT2D eigenvalue weighted by atomic mass is 32.1. The van der Waals surface area contributed by atoms with Crippen molar-refractivity contribution < 1.29 is 0 Å². The molecule has 0 aliphatic rings. The lowest BCUT2D eigenvalue weighted by molar-refractivity contribution is 1.18. The van der Waals surface area contributed by atoms with Gasteiger partial charge in [0.2, 0.25) is 0 Å². The van der Waals surface area contributed by atoms with Crippen LogP contribution in [-0.2, 0) is 0 Å². The van der Waals surface area contributed by atoms with Crippen molar-refractivity contribution in [1.29, 1.82) is 0 Å². The Morgan fingerprint density at radius 1 is 0.175 bits per heavy atom. The molecule has 24 aromatic rings. The summed E-state index contributed by atoms with van der Waals surface area (Å²) in [5.74, 6) is 1.44. The third-order valence-corrected chi connectivity index (χ3v) is 25.0. The number of hydrogen-bond acceptors (Lipinski definition) is 6. The summed E-state index contributed by atoms with van der Waals surface area (Å²) in [4.78, 5) is 21.5. The first kappa shape index (κ1) is 65.2. The summed E-state index contributed by atoms with van der Waals surface area (Å²) in [5.41, 5.74) is 26.8. The highest BCUT2D eigenvalue weighted by Crippen LogP contribution is 2.47. The fraction of sp³-hybridized carbons (Fsp3) is 0. The minimum Gasteiger partial charge on any atom is -0.309 e. The van der Waals surface area contributed by atoms with Gasteiger partial charge in [-0.1, -0.05) is 231 Å². The van der Waals surface area contributed by atoms with Crippen LogP contribution < -0.4 is 0 Å². The normalized spacial score (nSPS) is 11.9. The third kappa shape index (κ3) is 10.6.